The van der Waals surface area contributed by atoms with E-state index in [4.69, 9.17) is 0 Å². The first kappa shape index (κ1) is 10.1. The zero-order valence-corrected chi connectivity index (χ0v) is 9.04. The first-order valence-electron chi connectivity index (χ1n) is 5.17. The van der Waals surface area contributed by atoms with Gasteiger partial charge in [0.1, 0.15) is 5.75 Å². The molecule has 0 amide bonds. The molecular weight excluding hydrogens is 188 g/mol. The predicted molar refractivity (Wildman–Crippen MR) is 62.2 cm³/mol. The molecule has 0 radical (unpaired) electrons. The maximum Gasteiger partial charge on any atom is 0.124 e. The Balaban J connectivity index is 2.35. The number of rotatable bonds is 3. The second-order valence-electron chi connectivity index (χ2n) is 3.93. The summed E-state index contributed by atoms with van der Waals surface area (Å²) in [5.41, 5.74) is 2.14. The summed E-state index contributed by atoms with van der Waals surface area (Å²) in [7, 11) is 1.95. The lowest BCUT2D eigenvalue weighted by Gasteiger charge is -2.07. The molecule has 1 aromatic heterocycles. The van der Waals surface area contributed by atoms with Crippen molar-refractivity contribution in [1.82, 2.24) is 10.3 Å². The van der Waals surface area contributed by atoms with Crippen LogP contribution in [0.3, 0.4) is 0 Å². The van der Waals surface area contributed by atoms with E-state index in [1.54, 1.807) is 6.07 Å². The lowest BCUT2D eigenvalue weighted by molar-refractivity contribution is 0.481. The lowest BCUT2D eigenvalue weighted by atomic mass is 10.2. The molecule has 3 heteroatoms. The molecule has 0 bridgehead atoms. The fourth-order valence-corrected chi connectivity index (χ4v) is 1.74. The van der Waals surface area contributed by atoms with Crippen LogP contribution >= 0.6 is 0 Å². The standard InChI is InChI=1S/C12H16N2O/c1-8(13-2)6-9-7-10-11(14-9)4-3-5-12(10)15/h3-5,7-8,13-15H,6H2,1-2H3. The van der Waals surface area contributed by atoms with Gasteiger partial charge in [-0.2, -0.15) is 0 Å². The van der Waals surface area contributed by atoms with Crippen LogP contribution < -0.4 is 5.32 Å². The summed E-state index contributed by atoms with van der Waals surface area (Å²) in [4.78, 5) is 3.30. The van der Waals surface area contributed by atoms with Gasteiger partial charge in [-0.15, -0.1) is 0 Å². The van der Waals surface area contributed by atoms with Gasteiger partial charge in [0.15, 0.2) is 0 Å². The summed E-state index contributed by atoms with van der Waals surface area (Å²) in [5, 5.41) is 13.7. The van der Waals surface area contributed by atoms with Crippen LogP contribution in [-0.4, -0.2) is 23.2 Å². The first-order chi connectivity index (χ1) is 7.20. The second kappa shape index (κ2) is 3.95. The van der Waals surface area contributed by atoms with Crippen molar-refractivity contribution in [3.8, 4) is 5.75 Å². The number of phenols is 1. The van der Waals surface area contributed by atoms with Crippen LogP contribution in [0, 0.1) is 0 Å². The predicted octanol–water partition coefficient (Wildman–Crippen LogP) is 2.02. The third-order valence-electron chi connectivity index (χ3n) is 2.72. The molecule has 1 aromatic carbocycles. The second-order valence-corrected chi connectivity index (χ2v) is 3.93. The average Bonchev–Trinajstić information content (AvgIpc) is 2.62. The number of likely N-dealkylation sites (N-methyl/N-ethyl adjacent to an activating group) is 1. The van der Waals surface area contributed by atoms with E-state index in [0.717, 1.165) is 23.0 Å². The molecule has 3 nitrogen and oxygen atoms in total. The minimum atomic E-state index is 0.340. The highest BCUT2D eigenvalue weighted by Crippen LogP contribution is 2.25. The van der Waals surface area contributed by atoms with Crippen molar-refractivity contribution < 1.29 is 5.11 Å². The summed E-state index contributed by atoms with van der Waals surface area (Å²) < 4.78 is 0. The Labute approximate surface area is 89.1 Å². The SMILES string of the molecule is CNC(C)Cc1cc2c(O)cccc2[nH]1. The number of aromatic amines is 1. The highest BCUT2D eigenvalue weighted by molar-refractivity contribution is 5.86. The molecule has 0 fully saturated rings. The van der Waals surface area contributed by atoms with Crippen LogP contribution in [0.4, 0.5) is 0 Å². The molecule has 0 aliphatic rings. The van der Waals surface area contributed by atoms with Crippen LogP contribution in [0.5, 0.6) is 5.75 Å². The Morgan fingerprint density at radius 3 is 2.93 bits per heavy atom. The molecule has 1 unspecified atom stereocenters. The van der Waals surface area contributed by atoms with Gasteiger partial charge in [0.25, 0.3) is 0 Å². The summed E-state index contributed by atoms with van der Waals surface area (Å²) in [5.74, 6) is 0.340. The van der Waals surface area contributed by atoms with E-state index in [-0.39, 0.29) is 0 Å². The minimum Gasteiger partial charge on any atom is -0.507 e. The van der Waals surface area contributed by atoms with Crippen molar-refractivity contribution >= 4 is 10.9 Å². The van der Waals surface area contributed by atoms with Crippen LogP contribution in [0.15, 0.2) is 24.3 Å². The largest absolute Gasteiger partial charge is 0.507 e. The Kier molecular flexibility index (Phi) is 2.64. The molecule has 0 spiro atoms. The molecule has 0 saturated carbocycles. The van der Waals surface area contributed by atoms with Gasteiger partial charge in [-0.3, -0.25) is 0 Å². The average molecular weight is 204 g/mol. The van der Waals surface area contributed by atoms with Gasteiger partial charge in [-0.05, 0) is 32.2 Å². The molecule has 1 atom stereocenters. The molecular formula is C12H16N2O. The van der Waals surface area contributed by atoms with Crippen molar-refractivity contribution in [3.63, 3.8) is 0 Å². The van der Waals surface area contributed by atoms with Gasteiger partial charge in [-0.25, -0.2) is 0 Å². The number of nitrogens with one attached hydrogen (secondary N) is 2. The summed E-state index contributed by atoms with van der Waals surface area (Å²) in [6.07, 6.45) is 0.935. The first-order valence-corrected chi connectivity index (χ1v) is 5.17. The van der Waals surface area contributed by atoms with E-state index < -0.39 is 0 Å². The Hall–Kier alpha value is -1.48. The maximum atomic E-state index is 9.64. The lowest BCUT2D eigenvalue weighted by Crippen LogP contribution is -2.23. The van der Waals surface area contributed by atoms with Gasteiger partial charge in [0.2, 0.25) is 0 Å². The fraction of sp³-hybridized carbons (Fsp3) is 0.333. The summed E-state index contributed by atoms with van der Waals surface area (Å²) in [6, 6.07) is 7.97. The smallest absolute Gasteiger partial charge is 0.124 e. The monoisotopic (exact) mass is 204 g/mol. The number of aromatic hydroxyl groups is 1. The molecule has 0 aliphatic heterocycles. The highest BCUT2D eigenvalue weighted by atomic mass is 16.3. The normalized spacial score (nSPS) is 13.2. The molecule has 0 saturated heterocycles. The Bertz CT molecular complexity index is 462. The van der Waals surface area contributed by atoms with E-state index in [0.29, 0.717) is 11.8 Å². The topological polar surface area (TPSA) is 48.0 Å². The van der Waals surface area contributed by atoms with E-state index in [9.17, 15) is 5.11 Å². The Morgan fingerprint density at radius 2 is 2.27 bits per heavy atom. The van der Waals surface area contributed by atoms with Crippen molar-refractivity contribution in [1.29, 1.82) is 0 Å². The zero-order valence-electron chi connectivity index (χ0n) is 9.04. The number of H-pyrrole nitrogens is 1. The molecule has 1 heterocycles. The molecule has 0 aliphatic carbocycles. The molecule has 80 valence electrons. The van der Waals surface area contributed by atoms with Crippen LogP contribution in [0.1, 0.15) is 12.6 Å². The summed E-state index contributed by atoms with van der Waals surface area (Å²) >= 11 is 0. The number of hydrogen-bond donors (Lipinski definition) is 3. The van der Waals surface area contributed by atoms with E-state index in [1.807, 2.05) is 25.2 Å². The van der Waals surface area contributed by atoms with Crippen LogP contribution in [0.2, 0.25) is 0 Å². The summed E-state index contributed by atoms with van der Waals surface area (Å²) in [6.45, 7) is 2.13. The maximum absolute atomic E-state index is 9.64. The van der Waals surface area contributed by atoms with E-state index in [1.165, 1.54) is 0 Å². The Morgan fingerprint density at radius 1 is 1.47 bits per heavy atom. The molecule has 2 rings (SSSR count). The third-order valence-corrected chi connectivity index (χ3v) is 2.72. The molecule has 15 heavy (non-hydrogen) atoms. The van der Waals surface area contributed by atoms with Gasteiger partial charge in [-0.1, -0.05) is 6.07 Å². The van der Waals surface area contributed by atoms with Gasteiger partial charge < -0.3 is 15.4 Å². The van der Waals surface area contributed by atoms with Gasteiger partial charge >= 0.3 is 0 Å². The fourth-order valence-electron chi connectivity index (χ4n) is 1.74. The van der Waals surface area contributed by atoms with Crippen molar-refractivity contribution in [2.24, 2.45) is 0 Å². The van der Waals surface area contributed by atoms with E-state index in [2.05, 4.69) is 17.2 Å². The minimum absolute atomic E-state index is 0.340. The molecule has 2 aromatic rings. The number of phenolic OH excluding ortho intramolecular Hbond substituents is 1. The quantitative estimate of drug-likeness (QED) is 0.716. The van der Waals surface area contributed by atoms with Gasteiger partial charge in [0, 0.05) is 29.1 Å². The third kappa shape index (κ3) is 1.97. The van der Waals surface area contributed by atoms with Gasteiger partial charge in [0.05, 0.1) is 0 Å². The highest BCUT2D eigenvalue weighted by Gasteiger charge is 2.06. The number of fused-ring (bicyclic) bond motifs is 1. The van der Waals surface area contributed by atoms with Crippen molar-refractivity contribution in [2.75, 3.05) is 7.05 Å². The zero-order chi connectivity index (χ0) is 10.8. The van der Waals surface area contributed by atoms with E-state index >= 15 is 0 Å². The number of benzene rings is 1. The van der Waals surface area contributed by atoms with Crippen molar-refractivity contribution in [3.05, 3.63) is 30.0 Å². The van der Waals surface area contributed by atoms with Crippen LogP contribution in [0.25, 0.3) is 10.9 Å². The number of aromatic nitrogens is 1. The van der Waals surface area contributed by atoms with Crippen LogP contribution in [-0.2, 0) is 6.42 Å². The van der Waals surface area contributed by atoms with Crippen molar-refractivity contribution in [2.45, 2.75) is 19.4 Å². The molecule has 3 N–H and O–H groups in total. The number of hydrogen-bond acceptors (Lipinski definition) is 2.